The van der Waals surface area contributed by atoms with Gasteiger partial charge in [-0.3, -0.25) is 4.79 Å². The highest BCUT2D eigenvalue weighted by Gasteiger charge is 2.30. The highest BCUT2D eigenvalue weighted by Crippen LogP contribution is 2.46. The number of nitrogens with one attached hydrogen (secondary N) is 2. The first kappa shape index (κ1) is 22.1. The Balaban J connectivity index is 1.40. The van der Waals surface area contributed by atoms with E-state index >= 15 is 0 Å². The fourth-order valence-corrected chi connectivity index (χ4v) is 4.21. The lowest BCUT2D eigenvalue weighted by molar-refractivity contribution is -0.111. The molecule has 0 bridgehead atoms. The van der Waals surface area contributed by atoms with Crippen molar-refractivity contribution in [2.24, 2.45) is 0 Å². The van der Waals surface area contributed by atoms with Crippen molar-refractivity contribution < 1.29 is 9.53 Å². The number of carbonyl (C=O) groups is 1. The fourth-order valence-electron chi connectivity index (χ4n) is 4.21. The molecule has 1 unspecified atom stereocenters. The van der Waals surface area contributed by atoms with Crippen LogP contribution in [0.2, 0.25) is 0 Å². The number of rotatable bonds is 6. The molecule has 0 radical (unpaired) electrons. The minimum atomic E-state index is -0.237. The van der Waals surface area contributed by atoms with E-state index in [1.165, 1.54) is 6.08 Å². The van der Waals surface area contributed by atoms with E-state index in [1.807, 2.05) is 48.5 Å². The van der Waals surface area contributed by atoms with Gasteiger partial charge in [0.25, 0.3) is 0 Å². The Bertz CT molecular complexity index is 1380. The van der Waals surface area contributed by atoms with Gasteiger partial charge in [-0.25, -0.2) is 0 Å². The summed E-state index contributed by atoms with van der Waals surface area (Å²) < 4.78 is 5.34. The first-order chi connectivity index (χ1) is 17.1. The number of benzene rings is 4. The van der Waals surface area contributed by atoms with Crippen LogP contribution >= 0.6 is 0 Å². The van der Waals surface area contributed by atoms with Crippen molar-refractivity contribution in [3.8, 4) is 5.75 Å². The molecule has 0 aliphatic carbocycles. The Morgan fingerprint density at radius 3 is 2.54 bits per heavy atom. The molecule has 0 fully saturated rings. The molecule has 1 heterocycles. The molecule has 5 rings (SSSR count). The molecule has 6 nitrogen and oxygen atoms in total. The number of ether oxygens (including phenoxy) is 1. The lowest BCUT2D eigenvalue weighted by Crippen LogP contribution is -2.23. The molecule has 1 aliphatic rings. The van der Waals surface area contributed by atoms with Crippen molar-refractivity contribution in [1.29, 1.82) is 0 Å². The van der Waals surface area contributed by atoms with Crippen LogP contribution in [0.1, 0.15) is 17.3 Å². The normalized spacial score (nSPS) is 14.4. The maximum Gasteiger partial charge on any atom is 0.248 e. The van der Waals surface area contributed by atoms with Crippen molar-refractivity contribution in [2.75, 3.05) is 28.4 Å². The minimum absolute atomic E-state index is 0.105. The SMILES string of the molecule is COc1ccc(N2c3ccccc3NC2c2cccc(/C=C/C(=O)Nc3ccccc3N)c2)cc1. The third kappa shape index (κ3) is 4.68. The van der Waals surface area contributed by atoms with Crippen LogP contribution in [0.3, 0.4) is 0 Å². The van der Waals surface area contributed by atoms with Gasteiger partial charge in [-0.1, -0.05) is 42.5 Å². The average Bonchev–Trinajstić information content (AvgIpc) is 3.29. The number of carbonyl (C=O) groups excluding carboxylic acids is 1. The van der Waals surface area contributed by atoms with E-state index in [0.29, 0.717) is 11.4 Å². The fraction of sp³-hybridized carbons (Fsp3) is 0.0690. The molecule has 0 spiro atoms. The monoisotopic (exact) mass is 462 g/mol. The van der Waals surface area contributed by atoms with E-state index in [1.54, 1.807) is 25.3 Å². The van der Waals surface area contributed by atoms with E-state index in [0.717, 1.165) is 33.9 Å². The molecular formula is C29H26N4O2. The quantitative estimate of drug-likeness (QED) is 0.235. The van der Waals surface area contributed by atoms with E-state index in [9.17, 15) is 4.79 Å². The van der Waals surface area contributed by atoms with Crippen molar-refractivity contribution >= 4 is 40.4 Å². The summed E-state index contributed by atoms with van der Waals surface area (Å²) in [5.41, 5.74) is 12.3. The van der Waals surface area contributed by atoms with E-state index < -0.39 is 0 Å². The number of fused-ring (bicyclic) bond motifs is 1. The summed E-state index contributed by atoms with van der Waals surface area (Å²) in [5.74, 6) is 0.577. The summed E-state index contributed by atoms with van der Waals surface area (Å²) in [6.45, 7) is 0. The molecule has 1 atom stereocenters. The van der Waals surface area contributed by atoms with Crippen LogP contribution in [0.5, 0.6) is 5.75 Å². The van der Waals surface area contributed by atoms with Gasteiger partial charge < -0.3 is 26.0 Å². The van der Waals surface area contributed by atoms with Crippen LogP contribution in [-0.4, -0.2) is 13.0 Å². The molecule has 174 valence electrons. The predicted molar refractivity (Wildman–Crippen MR) is 143 cm³/mol. The standard InChI is InChI=1S/C29H26N4O2/c1-35-23-16-14-22(15-17-23)33-27-12-5-4-11-26(27)32-29(33)21-8-6-7-20(19-21)13-18-28(34)31-25-10-3-2-9-24(25)30/h2-19,29,32H,30H2,1H3,(H,31,34)/b18-13+. The van der Waals surface area contributed by atoms with E-state index in [4.69, 9.17) is 10.5 Å². The van der Waals surface area contributed by atoms with Crippen LogP contribution < -0.4 is 26.0 Å². The smallest absolute Gasteiger partial charge is 0.248 e. The van der Waals surface area contributed by atoms with Crippen LogP contribution in [0, 0.1) is 0 Å². The summed E-state index contributed by atoms with van der Waals surface area (Å²) >= 11 is 0. The third-order valence-corrected chi connectivity index (χ3v) is 5.94. The highest BCUT2D eigenvalue weighted by molar-refractivity contribution is 6.03. The molecule has 0 saturated carbocycles. The van der Waals surface area contributed by atoms with Crippen molar-refractivity contribution in [1.82, 2.24) is 0 Å². The number of nitrogens with zero attached hydrogens (tertiary/aromatic N) is 1. The van der Waals surface area contributed by atoms with E-state index in [-0.39, 0.29) is 12.1 Å². The predicted octanol–water partition coefficient (Wildman–Crippen LogP) is 6.19. The number of hydrogen-bond acceptors (Lipinski definition) is 5. The van der Waals surface area contributed by atoms with Gasteiger partial charge in [-0.2, -0.15) is 0 Å². The zero-order valence-electron chi connectivity index (χ0n) is 19.3. The second kappa shape index (κ2) is 9.65. The zero-order valence-corrected chi connectivity index (χ0v) is 19.3. The topological polar surface area (TPSA) is 79.6 Å². The largest absolute Gasteiger partial charge is 0.497 e. The molecule has 0 saturated heterocycles. The molecule has 4 aromatic carbocycles. The molecule has 1 aliphatic heterocycles. The first-order valence-corrected chi connectivity index (χ1v) is 11.3. The minimum Gasteiger partial charge on any atom is -0.497 e. The van der Waals surface area contributed by atoms with Crippen LogP contribution in [0.25, 0.3) is 6.08 Å². The highest BCUT2D eigenvalue weighted by atomic mass is 16.5. The molecule has 35 heavy (non-hydrogen) atoms. The van der Waals surface area contributed by atoms with Crippen LogP contribution in [0.15, 0.2) is 103 Å². The maximum absolute atomic E-state index is 12.4. The summed E-state index contributed by atoms with van der Waals surface area (Å²) in [5, 5.41) is 6.45. The summed E-state index contributed by atoms with van der Waals surface area (Å²) in [4.78, 5) is 14.7. The zero-order chi connectivity index (χ0) is 24.2. The Labute approximate surface area is 204 Å². The number of para-hydroxylation sites is 4. The third-order valence-electron chi connectivity index (χ3n) is 5.94. The van der Waals surface area contributed by atoms with Gasteiger partial charge in [0.15, 0.2) is 0 Å². The number of nitrogens with two attached hydrogens (primary N) is 1. The maximum atomic E-state index is 12.4. The van der Waals surface area contributed by atoms with Crippen LogP contribution in [0.4, 0.5) is 28.4 Å². The molecule has 0 aromatic heterocycles. The number of methoxy groups -OCH3 is 1. The van der Waals surface area contributed by atoms with Gasteiger partial charge in [-0.05, 0) is 71.8 Å². The van der Waals surface area contributed by atoms with Gasteiger partial charge >= 0.3 is 0 Å². The van der Waals surface area contributed by atoms with Gasteiger partial charge in [0.2, 0.25) is 5.91 Å². The van der Waals surface area contributed by atoms with E-state index in [2.05, 4.69) is 51.9 Å². The second-order valence-electron chi connectivity index (χ2n) is 8.21. The summed E-state index contributed by atoms with van der Waals surface area (Å²) in [6, 6.07) is 31.6. The number of amides is 1. The van der Waals surface area contributed by atoms with Crippen molar-refractivity contribution in [2.45, 2.75) is 6.17 Å². The molecule has 4 N–H and O–H groups in total. The van der Waals surface area contributed by atoms with Crippen LogP contribution in [-0.2, 0) is 4.79 Å². The number of anilines is 5. The second-order valence-corrected chi connectivity index (χ2v) is 8.21. The number of nitrogen functional groups attached to an aromatic ring is 1. The van der Waals surface area contributed by atoms with Gasteiger partial charge in [-0.15, -0.1) is 0 Å². The first-order valence-electron chi connectivity index (χ1n) is 11.3. The lowest BCUT2D eigenvalue weighted by Gasteiger charge is -2.27. The van der Waals surface area contributed by atoms with Crippen molar-refractivity contribution in [3.05, 3.63) is 114 Å². The number of hydrogen-bond donors (Lipinski definition) is 3. The van der Waals surface area contributed by atoms with Gasteiger partial charge in [0.05, 0.1) is 29.9 Å². The molecule has 4 aromatic rings. The Morgan fingerprint density at radius 2 is 1.74 bits per heavy atom. The molecule has 6 heteroatoms. The summed E-state index contributed by atoms with van der Waals surface area (Å²) in [6.07, 6.45) is 3.22. The Kier molecular flexibility index (Phi) is 6.09. The Morgan fingerprint density at radius 1 is 0.971 bits per heavy atom. The van der Waals surface area contributed by atoms with Gasteiger partial charge in [0, 0.05) is 11.8 Å². The molecule has 1 amide bonds. The average molecular weight is 463 g/mol. The van der Waals surface area contributed by atoms with Gasteiger partial charge in [0.1, 0.15) is 11.9 Å². The van der Waals surface area contributed by atoms with Crippen molar-refractivity contribution in [3.63, 3.8) is 0 Å². The summed E-state index contributed by atoms with van der Waals surface area (Å²) in [7, 11) is 1.67. The lowest BCUT2D eigenvalue weighted by atomic mass is 10.1. The molecular weight excluding hydrogens is 436 g/mol. The Hall–Kier alpha value is -4.71.